The normalized spacial score (nSPS) is 14.2. The lowest BCUT2D eigenvalue weighted by atomic mass is 10.1. The number of aromatic amines is 1. The lowest BCUT2D eigenvalue weighted by Gasteiger charge is -2.14. The van der Waals surface area contributed by atoms with E-state index in [1.807, 2.05) is 6.08 Å². The third-order valence-electron chi connectivity index (χ3n) is 5.41. The van der Waals surface area contributed by atoms with Gasteiger partial charge in [-0.25, -0.2) is 0 Å². The summed E-state index contributed by atoms with van der Waals surface area (Å²) < 4.78 is 36.5. The smallest absolute Gasteiger partial charge is 0.294 e. The average molecular weight is 472 g/mol. The Morgan fingerprint density at radius 3 is 2.45 bits per heavy atom. The van der Waals surface area contributed by atoms with E-state index in [2.05, 4.69) is 60.6 Å². The number of benzene rings is 2. The number of aryl methyl sites for hydroxylation is 1. The van der Waals surface area contributed by atoms with Crippen molar-refractivity contribution in [3.05, 3.63) is 59.3 Å². The molecule has 2 aromatic carbocycles. The molecule has 4 rings (SSSR count). The van der Waals surface area contributed by atoms with Crippen molar-refractivity contribution in [1.29, 1.82) is 0 Å². The van der Waals surface area contributed by atoms with E-state index in [9.17, 15) is 8.42 Å². The molecule has 7 nitrogen and oxygen atoms in total. The lowest BCUT2D eigenvalue weighted by Crippen LogP contribution is -2.07. The van der Waals surface area contributed by atoms with Gasteiger partial charge in [-0.05, 0) is 67.2 Å². The highest BCUT2D eigenvalue weighted by Crippen LogP contribution is 2.24. The van der Waals surface area contributed by atoms with Gasteiger partial charge < -0.3 is 10.1 Å². The topological polar surface area (TPSA) is 104 Å². The standard InChI is InChI=1S/C13H14N2O4S.C12H19N/c16-20(17,18)10-1-2-11-12(14-15-13(11)8-10)7-9-3-5-19-6-4-9;1-4-11-5-7-12(8-6-11)13-9-10(2)3/h1-2,7-8H,3-6H2,(H,14,15)(H,16,17,18);5-8,10,13H,4,9H2,1-3H3. The molecule has 1 saturated heterocycles. The average Bonchev–Trinajstić information content (AvgIpc) is 3.20. The van der Waals surface area contributed by atoms with E-state index in [1.54, 1.807) is 6.07 Å². The minimum Gasteiger partial charge on any atom is -0.385 e. The Morgan fingerprint density at radius 2 is 1.85 bits per heavy atom. The summed E-state index contributed by atoms with van der Waals surface area (Å²) in [5.74, 6) is 0.700. The number of fused-ring (bicyclic) bond motifs is 1. The van der Waals surface area contributed by atoms with Crippen molar-refractivity contribution >= 4 is 32.8 Å². The van der Waals surface area contributed by atoms with Gasteiger partial charge in [0.05, 0.1) is 29.3 Å². The number of anilines is 1. The van der Waals surface area contributed by atoms with Crippen LogP contribution >= 0.6 is 0 Å². The van der Waals surface area contributed by atoms with Gasteiger partial charge in [0.2, 0.25) is 0 Å². The molecule has 3 aromatic rings. The fourth-order valence-electron chi connectivity index (χ4n) is 3.45. The van der Waals surface area contributed by atoms with Crippen molar-refractivity contribution < 1.29 is 17.7 Å². The molecule has 0 unspecified atom stereocenters. The van der Waals surface area contributed by atoms with Crippen molar-refractivity contribution in [3.63, 3.8) is 0 Å². The van der Waals surface area contributed by atoms with Crippen LogP contribution in [0.2, 0.25) is 0 Å². The van der Waals surface area contributed by atoms with Crippen LogP contribution in [0, 0.1) is 5.92 Å². The number of rotatable bonds is 6. The zero-order valence-corrected chi connectivity index (χ0v) is 20.3. The molecule has 3 N–H and O–H groups in total. The minimum absolute atomic E-state index is 0.151. The number of H-pyrrole nitrogens is 1. The van der Waals surface area contributed by atoms with Gasteiger partial charge in [-0.1, -0.05) is 38.5 Å². The highest BCUT2D eigenvalue weighted by molar-refractivity contribution is 7.85. The van der Waals surface area contributed by atoms with Crippen molar-refractivity contribution in [2.45, 2.75) is 44.9 Å². The van der Waals surface area contributed by atoms with Crippen LogP contribution in [0.5, 0.6) is 0 Å². The number of nitrogens with one attached hydrogen (secondary N) is 2. The summed E-state index contributed by atoms with van der Waals surface area (Å²) in [7, 11) is -4.20. The second-order valence-corrected chi connectivity index (χ2v) is 9.95. The molecule has 0 spiro atoms. The van der Waals surface area contributed by atoms with Gasteiger partial charge in [0.1, 0.15) is 0 Å². The fraction of sp³-hybridized carbons (Fsp3) is 0.400. The molecule has 8 heteroatoms. The van der Waals surface area contributed by atoms with Gasteiger partial charge in [-0.15, -0.1) is 0 Å². The van der Waals surface area contributed by atoms with Gasteiger partial charge in [-0.3, -0.25) is 9.65 Å². The van der Waals surface area contributed by atoms with Gasteiger partial charge in [0.15, 0.2) is 0 Å². The largest absolute Gasteiger partial charge is 0.385 e. The predicted molar refractivity (Wildman–Crippen MR) is 133 cm³/mol. The summed E-state index contributed by atoms with van der Waals surface area (Å²) in [4.78, 5) is -0.151. The summed E-state index contributed by atoms with van der Waals surface area (Å²) in [5, 5.41) is 11.2. The van der Waals surface area contributed by atoms with Crippen molar-refractivity contribution in [2.24, 2.45) is 5.92 Å². The molecule has 2 heterocycles. The molecule has 0 aliphatic carbocycles. The van der Waals surface area contributed by atoms with Crippen molar-refractivity contribution in [1.82, 2.24) is 10.2 Å². The van der Waals surface area contributed by atoms with Crippen LogP contribution in [-0.2, 0) is 21.3 Å². The SMILES string of the molecule is CCc1ccc(NCC(C)C)cc1.O=S(=O)(O)c1ccc2c(C=C3CCOCC3)[nH]nc2c1. The van der Waals surface area contributed by atoms with Crippen LogP contribution in [0.1, 0.15) is 44.9 Å². The Kier molecular flexibility index (Phi) is 8.66. The third kappa shape index (κ3) is 7.42. The molecule has 0 atom stereocenters. The van der Waals surface area contributed by atoms with Crippen LogP contribution in [0.3, 0.4) is 0 Å². The first-order valence-electron chi connectivity index (χ1n) is 11.3. The molecule has 178 valence electrons. The van der Waals surface area contributed by atoms with Gasteiger partial charge in [-0.2, -0.15) is 13.5 Å². The summed E-state index contributed by atoms with van der Waals surface area (Å²) in [5.41, 5.74) is 5.26. The first-order valence-corrected chi connectivity index (χ1v) is 12.8. The molecule has 0 radical (unpaired) electrons. The maximum Gasteiger partial charge on any atom is 0.294 e. The highest BCUT2D eigenvalue weighted by atomic mass is 32.2. The zero-order chi connectivity index (χ0) is 23.8. The van der Waals surface area contributed by atoms with Crippen LogP contribution in [0.15, 0.2) is 52.9 Å². The van der Waals surface area contributed by atoms with Crippen LogP contribution in [0.4, 0.5) is 5.69 Å². The molecule has 1 aliphatic rings. The fourth-order valence-corrected chi connectivity index (χ4v) is 3.95. The van der Waals surface area contributed by atoms with Gasteiger partial charge in [0.25, 0.3) is 10.1 Å². The molecule has 0 bridgehead atoms. The lowest BCUT2D eigenvalue weighted by molar-refractivity contribution is 0.119. The predicted octanol–water partition coefficient (Wildman–Crippen LogP) is 5.32. The van der Waals surface area contributed by atoms with Crippen LogP contribution in [0.25, 0.3) is 17.0 Å². The third-order valence-corrected chi connectivity index (χ3v) is 6.26. The number of ether oxygens (including phenoxy) is 1. The number of hydrogen-bond donors (Lipinski definition) is 3. The Morgan fingerprint density at radius 1 is 1.15 bits per heavy atom. The van der Waals surface area contributed by atoms with Crippen LogP contribution < -0.4 is 5.32 Å². The highest BCUT2D eigenvalue weighted by Gasteiger charge is 2.13. The number of hydrogen-bond acceptors (Lipinski definition) is 5. The van der Waals surface area contributed by atoms with E-state index in [4.69, 9.17) is 9.29 Å². The maximum atomic E-state index is 11.1. The van der Waals surface area contributed by atoms with E-state index in [0.29, 0.717) is 11.4 Å². The van der Waals surface area contributed by atoms with Crippen molar-refractivity contribution in [3.8, 4) is 0 Å². The molecular formula is C25H33N3O4S. The molecule has 33 heavy (non-hydrogen) atoms. The van der Waals surface area contributed by atoms with Crippen LogP contribution in [-0.4, -0.2) is 42.9 Å². The Balaban J connectivity index is 0.000000205. The second-order valence-electron chi connectivity index (χ2n) is 8.53. The monoisotopic (exact) mass is 471 g/mol. The van der Waals surface area contributed by atoms with Gasteiger partial charge in [0, 0.05) is 17.6 Å². The van der Waals surface area contributed by atoms with E-state index >= 15 is 0 Å². The van der Waals surface area contributed by atoms with E-state index < -0.39 is 10.1 Å². The van der Waals surface area contributed by atoms with E-state index in [0.717, 1.165) is 50.1 Å². The van der Waals surface area contributed by atoms with E-state index in [1.165, 1.54) is 29.0 Å². The maximum absolute atomic E-state index is 11.1. The molecular weight excluding hydrogens is 438 g/mol. The Bertz CT molecular complexity index is 1170. The Labute approximate surface area is 196 Å². The minimum atomic E-state index is -4.20. The summed E-state index contributed by atoms with van der Waals surface area (Å²) in [6.07, 6.45) is 4.93. The summed E-state index contributed by atoms with van der Waals surface area (Å²) in [6, 6.07) is 13.0. The second kappa shape index (κ2) is 11.4. The number of nitrogens with zero attached hydrogens (tertiary/aromatic N) is 1. The molecule has 1 aromatic heterocycles. The van der Waals surface area contributed by atoms with E-state index in [-0.39, 0.29) is 4.90 Å². The molecule has 0 amide bonds. The zero-order valence-electron chi connectivity index (χ0n) is 19.5. The Hall–Kier alpha value is -2.68. The first-order chi connectivity index (χ1) is 15.8. The van der Waals surface area contributed by atoms with Gasteiger partial charge >= 0.3 is 0 Å². The quantitative estimate of drug-likeness (QED) is 0.420. The van der Waals surface area contributed by atoms with Crippen molar-refractivity contribution in [2.75, 3.05) is 25.1 Å². The molecule has 0 saturated carbocycles. The number of aromatic nitrogens is 2. The summed E-state index contributed by atoms with van der Waals surface area (Å²) in [6.45, 7) is 9.11. The molecule has 1 fully saturated rings. The first kappa shape index (κ1) is 25.0. The summed E-state index contributed by atoms with van der Waals surface area (Å²) >= 11 is 0. The molecule has 1 aliphatic heterocycles.